The highest BCUT2D eigenvalue weighted by atomic mass is 32.2. The zero-order valence-corrected chi connectivity index (χ0v) is 20.7. The van der Waals surface area contributed by atoms with E-state index in [0.717, 1.165) is 50.7 Å². The monoisotopic (exact) mass is 497 g/mol. The lowest BCUT2D eigenvalue weighted by Crippen LogP contribution is -2.18. The molecule has 1 amide bonds. The minimum absolute atomic E-state index is 0.0976. The second-order valence-corrected chi connectivity index (χ2v) is 10.8. The Morgan fingerprint density at radius 1 is 1.41 bits per heavy atom. The summed E-state index contributed by atoms with van der Waals surface area (Å²) in [6.45, 7) is 3.59. The van der Waals surface area contributed by atoms with Crippen molar-refractivity contribution < 1.29 is 13.9 Å². The molecule has 1 aliphatic carbocycles. The summed E-state index contributed by atoms with van der Waals surface area (Å²) in [6.07, 6.45) is 7.90. The summed E-state index contributed by atoms with van der Waals surface area (Å²) in [5, 5.41) is 22.7. The number of ether oxygens (including phenoxy) is 1. The Bertz CT molecular complexity index is 1190. The van der Waals surface area contributed by atoms with Crippen LogP contribution in [0.15, 0.2) is 28.0 Å². The molecule has 5 rings (SSSR count). The summed E-state index contributed by atoms with van der Waals surface area (Å²) in [6, 6.07) is 5.99. The van der Waals surface area contributed by atoms with E-state index < -0.39 is 0 Å². The molecule has 2 aliphatic rings. The number of nitrogens with zero attached hydrogens (tertiary/aromatic N) is 4. The van der Waals surface area contributed by atoms with E-state index >= 15 is 0 Å². The van der Waals surface area contributed by atoms with Crippen LogP contribution in [0.3, 0.4) is 0 Å². The summed E-state index contributed by atoms with van der Waals surface area (Å²) in [5.74, 6) is 1.95. The number of hydrogen-bond acceptors (Lipinski definition) is 8. The standard InChI is InChI=1S/C24H27N5O3S2/c1-2-15-7-8-17-18(12-25)23(34-20(17)11-15)26-21(30)14-33-24-28-27-22(19-6-4-10-32-19)29(24)13-16-5-3-9-31-16/h4,6,10,15-16H,2-3,5,7-9,11,13-14H2,1H3,(H,26,30). The SMILES string of the molecule is CCC1CCc2c(sc(NC(=O)CSc3nnc(-c4ccco4)n3CC3CCCO3)c2C#N)C1. The quantitative estimate of drug-likeness (QED) is 0.441. The minimum atomic E-state index is -0.154. The van der Waals surface area contributed by atoms with Gasteiger partial charge >= 0.3 is 0 Å². The molecule has 178 valence electrons. The van der Waals surface area contributed by atoms with Crippen molar-refractivity contribution in [1.29, 1.82) is 5.26 Å². The topological polar surface area (TPSA) is 106 Å². The molecular weight excluding hydrogens is 470 g/mol. The summed E-state index contributed by atoms with van der Waals surface area (Å²) in [4.78, 5) is 14.1. The van der Waals surface area contributed by atoms with Crippen molar-refractivity contribution in [2.24, 2.45) is 5.92 Å². The Morgan fingerprint density at radius 2 is 2.32 bits per heavy atom. The van der Waals surface area contributed by atoms with Gasteiger partial charge in [0.2, 0.25) is 11.7 Å². The van der Waals surface area contributed by atoms with Crippen LogP contribution in [-0.2, 0) is 28.9 Å². The summed E-state index contributed by atoms with van der Waals surface area (Å²) < 4.78 is 13.3. The third-order valence-corrected chi connectivity index (χ3v) is 8.65. The third kappa shape index (κ3) is 4.78. The van der Waals surface area contributed by atoms with E-state index in [4.69, 9.17) is 9.15 Å². The lowest BCUT2D eigenvalue weighted by molar-refractivity contribution is -0.113. The smallest absolute Gasteiger partial charge is 0.235 e. The number of hydrogen-bond donors (Lipinski definition) is 1. The highest BCUT2D eigenvalue weighted by Crippen LogP contribution is 2.40. The molecular formula is C24H27N5O3S2. The summed E-state index contributed by atoms with van der Waals surface area (Å²) >= 11 is 2.89. The van der Waals surface area contributed by atoms with Gasteiger partial charge in [-0.3, -0.25) is 9.36 Å². The number of thiophene rings is 1. The molecule has 1 N–H and O–H groups in total. The lowest BCUT2D eigenvalue weighted by atomic mass is 9.86. The maximum absolute atomic E-state index is 12.8. The molecule has 3 aromatic heterocycles. The molecule has 2 atom stereocenters. The second-order valence-electron chi connectivity index (χ2n) is 8.70. The van der Waals surface area contributed by atoms with E-state index in [2.05, 4.69) is 28.5 Å². The number of thioether (sulfide) groups is 1. The van der Waals surface area contributed by atoms with Crippen molar-refractivity contribution in [2.75, 3.05) is 17.7 Å². The van der Waals surface area contributed by atoms with E-state index in [9.17, 15) is 10.1 Å². The number of rotatable bonds is 8. The number of nitrogens with one attached hydrogen (secondary N) is 1. The van der Waals surface area contributed by atoms with Crippen LogP contribution in [0.1, 0.15) is 48.6 Å². The molecule has 10 heteroatoms. The molecule has 1 saturated heterocycles. The van der Waals surface area contributed by atoms with Crippen LogP contribution in [0.4, 0.5) is 5.00 Å². The van der Waals surface area contributed by atoms with Gasteiger partial charge in [-0.25, -0.2) is 0 Å². The molecule has 1 aliphatic heterocycles. The number of carbonyl (C=O) groups excluding carboxylic acids is 1. The van der Waals surface area contributed by atoms with E-state index in [1.807, 2.05) is 16.7 Å². The van der Waals surface area contributed by atoms with Gasteiger partial charge < -0.3 is 14.5 Å². The maximum Gasteiger partial charge on any atom is 0.235 e. The molecule has 0 saturated carbocycles. The van der Waals surface area contributed by atoms with Crippen molar-refractivity contribution in [3.05, 3.63) is 34.4 Å². The summed E-state index contributed by atoms with van der Waals surface area (Å²) in [5.41, 5.74) is 1.76. The number of aromatic nitrogens is 3. The Hall–Kier alpha value is -2.61. The average Bonchev–Trinajstić information content (AvgIpc) is 3.64. The molecule has 0 spiro atoms. The first-order valence-electron chi connectivity index (χ1n) is 11.7. The van der Waals surface area contributed by atoms with Crippen LogP contribution in [0.5, 0.6) is 0 Å². The average molecular weight is 498 g/mol. The van der Waals surface area contributed by atoms with Gasteiger partial charge in [0, 0.05) is 11.5 Å². The first-order chi connectivity index (χ1) is 16.7. The van der Waals surface area contributed by atoms with Crippen LogP contribution < -0.4 is 5.32 Å². The molecule has 0 radical (unpaired) electrons. The van der Waals surface area contributed by atoms with Gasteiger partial charge in [-0.1, -0.05) is 25.1 Å². The van der Waals surface area contributed by atoms with E-state index in [0.29, 0.717) is 39.8 Å². The van der Waals surface area contributed by atoms with Crippen molar-refractivity contribution in [3.8, 4) is 17.7 Å². The first-order valence-corrected chi connectivity index (χ1v) is 13.5. The number of anilines is 1. The van der Waals surface area contributed by atoms with E-state index in [1.54, 1.807) is 17.6 Å². The van der Waals surface area contributed by atoms with Crippen LogP contribution in [0.25, 0.3) is 11.6 Å². The normalized spacial score (nSPS) is 19.6. The van der Waals surface area contributed by atoms with Crippen LogP contribution in [0, 0.1) is 17.2 Å². The molecule has 4 heterocycles. The van der Waals surface area contributed by atoms with Gasteiger partial charge in [0.15, 0.2) is 10.9 Å². The molecule has 3 aromatic rings. The van der Waals surface area contributed by atoms with Gasteiger partial charge in [0.25, 0.3) is 0 Å². The Kier molecular flexibility index (Phi) is 7.04. The van der Waals surface area contributed by atoms with Gasteiger partial charge in [0.05, 0.1) is 30.2 Å². The minimum Gasteiger partial charge on any atom is -0.461 e. The number of nitriles is 1. The predicted molar refractivity (Wildman–Crippen MR) is 131 cm³/mol. The van der Waals surface area contributed by atoms with E-state index in [-0.39, 0.29) is 17.8 Å². The number of furan rings is 1. The van der Waals surface area contributed by atoms with E-state index in [1.165, 1.54) is 16.6 Å². The fourth-order valence-corrected chi connectivity index (χ4v) is 6.72. The fourth-order valence-electron chi connectivity index (χ4n) is 4.64. The Balaban J connectivity index is 1.29. The Morgan fingerprint density at radius 3 is 3.06 bits per heavy atom. The Labute approximate surface area is 206 Å². The van der Waals surface area contributed by atoms with Crippen LogP contribution in [0.2, 0.25) is 0 Å². The maximum atomic E-state index is 12.8. The largest absolute Gasteiger partial charge is 0.461 e. The van der Waals surface area contributed by atoms with Crippen LogP contribution in [-0.4, -0.2) is 39.1 Å². The molecule has 1 fully saturated rings. The van der Waals surface area contributed by atoms with Gasteiger partial charge in [-0.15, -0.1) is 21.5 Å². The first kappa shape index (κ1) is 23.1. The zero-order valence-electron chi connectivity index (χ0n) is 19.1. The number of carbonyl (C=O) groups is 1. The van der Waals surface area contributed by atoms with Gasteiger partial charge in [-0.05, 0) is 55.7 Å². The molecule has 0 aromatic carbocycles. The van der Waals surface area contributed by atoms with Crippen molar-refractivity contribution in [1.82, 2.24) is 14.8 Å². The van der Waals surface area contributed by atoms with Crippen molar-refractivity contribution >= 4 is 34.0 Å². The molecule has 8 nitrogen and oxygen atoms in total. The summed E-state index contributed by atoms with van der Waals surface area (Å²) in [7, 11) is 0. The van der Waals surface area contributed by atoms with Crippen molar-refractivity contribution in [3.63, 3.8) is 0 Å². The zero-order chi connectivity index (χ0) is 23.5. The third-order valence-electron chi connectivity index (χ3n) is 6.51. The van der Waals surface area contributed by atoms with Crippen LogP contribution >= 0.6 is 23.1 Å². The number of amides is 1. The van der Waals surface area contributed by atoms with Crippen molar-refractivity contribution in [2.45, 2.75) is 63.3 Å². The highest BCUT2D eigenvalue weighted by molar-refractivity contribution is 7.99. The highest BCUT2D eigenvalue weighted by Gasteiger charge is 2.27. The second kappa shape index (κ2) is 10.3. The van der Waals surface area contributed by atoms with Gasteiger partial charge in [0.1, 0.15) is 11.1 Å². The molecule has 0 bridgehead atoms. The predicted octanol–water partition coefficient (Wildman–Crippen LogP) is 4.90. The van der Waals surface area contributed by atoms with Gasteiger partial charge in [-0.2, -0.15) is 5.26 Å². The number of fused-ring (bicyclic) bond motifs is 1. The fraction of sp³-hybridized carbons (Fsp3) is 0.500. The molecule has 2 unspecified atom stereocenters. The lowest BCUT2D eigenvalue weighted by Gasteiger charge is -2.20. The molecule has 34 heavy (non-hydrogen) atoms.